The fourth-order valence-corrected chi connectivity index (χ4v) is 4.09. The Morgan fingerprint density at radius 2 is 2.19 bits per heavy atom. The zero-order chi connectivity index (χ0) is 18.7. The zero-order valence-corrected chi connectivity index (χ0v) is 15.2. The first-order valence-corrected chi connectivity index (χ1v) is 9.17. The van der Waals surface area contributed by atoms with Crippen LogP contribution in [0.3, 0.4) is 0 Å². The number of ketones is 1. The van der Waals surface area contributed by atoms with Crippen molar-refractivity contribution in [2.75, 3.05) is 18.5 Å². The predicted octanol–water partition coefficient (Wildman–Crippen LogP) is 3.08. The molecule has 3 rings (SSSR count). The fraction of sp³-hybridized carbons (Fsp3) is 0.333. The van der Waals surface area contributed by atoms with E-state index in [-0.39, 0.29) is 24.6 Å². The number of carbonyl (C=O) groups excluding carboxylic acids is 2. The number of nitrogens with one attached hydrogen (secondary N) is 2. The number of anilines is 2. The van der Waals surface area contributed by atoms with E-state index >= 15 is 0 Å². The van der Waals surface area contributed by atoms with Crippen LogP contribution in [0.2, 0.25) is 0 Å². The Morgan fingerprint density at radius 3 is 2.92 bits per heavy atom. The van der Waals surface area contributed by atoms with Gasteiger partial charge in [-0.25, -0.2) is 9.87 Å². The Labute approximate surface area is 154 Å². The highest BCUT2D eigenvalue weighted by molar-refractivity contribution is 7.18. The second-order valence-electron chi connectivity index (χ2n) is 6.07. The van der Waals surface area contributed by atoms with Gasteiger partial charge in [-0.15, -0.1) is 11.3 Å². The number of Topliss-reactive ketones (excluding diaryl/α,β-unsaturated/α-hetero) is 1. The van der Waals surface area contributed by atoms with E-state index in [1.54, 1.807) is 19.1 Å². The number of fused-ring (bicyclic) bond motifs is 1. The molecule has 0 unspecified atom stereocenters. The first-order chi connectivity index (χ1) is 12.5. The van der Waals surface area contributed by atoms with Gasteiger partial charge in [-0.05, 0) is 43.0 Å². The number of aryl methyl sites for hydroxylation is 1. The molecule has 0 aliphatic heterocycles. The first-order valence-electron chi connectivity index (χ1n) is 8.35. The summed E-state index contributed by atoms with van der Waals surface area (Å²) in [6, 6.07) is 4.79. The van der Waals surface area contributed by atoms with Crippen LogP contribution in [0.1, 0.15) is 44.0 Å². The molecule has 0 saturated carbocycles. The standard InChI is InChI=1S/C18H20FN3O3S/c1-10-5-6-13(12(19)9-10)21-18-15(17(24)22-25-8-7-20)11-3-2-4-14(23)16(11)26-18/h5-6,9,21H,2-4,7-8,20H2,1H3,(H,22,24). The maximum atomic E-state index is 14.2. The molecule has 26 heavy (non-hydrogen) atoms. The van der Waals surface area contributed by atoms with Gasteiger partial charge in [0.25, 0.3) is 5.91 Å². The van der Waals surface area contributed by atoms with Crippen molar-refractivity contribution in [1.82, 2.24) is 5.48 Å². The summed E-state index contributed by atoms with van der Waals surface area (Å²) in [6.07, 6.45) is 1.76. The molecule has 1 aromatic heterocycles. The summed E-state index contributed by atoms with van der Waals surface area (Å²) >= 11 is 1.18. The second-order valence-corrected chi connectivity index (χ2v) is 7.09. The third kappa shape index (κ3) is 3.77. The van der Waals surface area contributed by atoms with E-state index in [1.807, 2.05) is 0 Å². The molecular weight excluding hydrogens is 357 g/mol. The molecule has 0 saturated heterocycles. The highest BCUT2D eigenvalue weighted by atomic mass is 32.1. The molecule has 0 atom stereocenters. The highest BCUT2D eigenvalue weighted by Crippen LogP contribution is 2.39. The lowest BCUT2D eigenvalue weighted by Crippen LogP contribution is -2.28. The van der Waals surface area contributed by atoms with Crippen LogP contribution in [0.15, 0.2) is 18.2 Å². The van der Waals surface area contributed by atoms with Gasteiger partial charge in [0.15, 0.2) is 5.78 Å². The van der Waals surface area contributed by atoms with Crippen molar-refractivity contribution in [2.45, 2.75) is 26.2 Å². The Morgan fingerprint density at radius 1 is 1.38 bits per heavy atom. The molecule has 6 nitrogen and oxygen atoms in total. The molecule has 0 spiro atoms. The summed E-state index contributed by atoms with van der Waals surface area (Å²) in [5, 5.41) is 3.40. The van der Waals surface area contributed by atoms with E-state index in [1.165, 1.54) is 17.4 Å². The van der Waals surface area contributed by atoms with Gasteiger partial charge in [0, 0.05) is 13.0 Å². The van der Waals surface area contributed by atoms with E-state index < -0.39 is 11.7 Å². The van der Waals surface area contributed by atoms with Crippen LogP contribution in [0.5, 0.6) is 0 Å². The number of amides is 1. The average molecular weight is 377 g/mol. The summed E-state index contributed by atoms with van der Waals surface area (Å²) in [6.45, 7) is 2.23. The smallest absolute Gasteiger partial charge is 0.278 e. The largest absolute Gasteiger partial charge is 0.344 e. The minimum Gasteiger partial charge on any atom is -0.344 e. The predicted molar refractivity (Wildman–Crippen MR) is 98.5 cm³/mol. The number of thiophene rings is 1. The van der Waals surface area contributed by atoms with Gasteiger partial charge in [0.05, 0.1) is 22.7 Å². The van der Waals surface area contributed by atoms with Crippen molar-refractivity contribution >= 4 is 33.7 Å². The van der Waals surface area contributed by atoms with E-state index in [2.05, 4.69) is 10.8 Å². The Balaban J connectivity index is 1.97. The summed E-state index contributed by atoms with van der Waals surface area (Å²) in [7, 11) is 0. The number of rotatable bonds is 6. The quantitative estimate of drug-likeness (QED) is 0.531. The SMILES string of the molecule is Cc1ccc(Nc2sc3c(c2C(=O)NOCCN)CCCC3=O)c(F)c1. The van der Waals surface area contributed by atoms with Crippen LogP contribution in [-0.2, 0) is 11.3 Å². The van der Waals surface area contributed by atoms with Gasteiger partial charge >= 0.3 is 0 Å². The van der Waals surface area contributed by atoms with E-state index in [9.17, 15) is 14.0 Å². The van der Waals surface area contributed by atoms with Crippen LogP contribution in [0.4, 0.5) is 15.1 Å². The van der Waals surface area contributed by atoms with Gasteiger partial charge in [0.2, 0.25) is 0 Å². The van der Waals surface area contributed by atoms with Gasteiger partial charge in [-0.3, -0.25) is 14.4 Å². The van der Waals surface area contributed by atoms with Crippen molar-refractivity contribution < 1.29 is 18.8 Å². The molecule has 8 heteroatoms. The number of halogens is 1. The molecule has 2 aromatic rings. The molecule has 1 aromatic carbocycles. The number of nitrogens with two attached hydrogens (primary N) is 1. The first kappa shape index (κ1) is 18.5. The zero-order valence-electron chi connectivity index (χ0n) is 14.4. The number of benzene rings is 1. The summed E-state index contributed by atoms with van der Waals surface area (Å²) in [4.78, 5) is 30.4. The van der Waals surface area contributed by atoms with Crippen LogP contribution in [-0.4, -0.2) is 24.8 Å². The maximum absolute atomic E-state index is 14.2. The van der Waals surface area contributed by atoms with Crippen molar-refractivity contribution in [3.63, 3.8) is 0 Å². The van der Waals surface area contributed by atoms with Crippen molar-refractivity contribution in [3.05, 3.63) is 45.6 Å². The van der Waals surface area contributed by atoms with Crippen molar-refractivity contribution in [3.8, 4) is 0 Å². The Kier molecular flexibility index (Phi) is 5.65. The maximum Gasteiger partial charge on any atom is 0.278 e. The minimum absolute atomic E-state index is 0.00519. The third-order valence-electron chi connectivity index (χ3n) is 4.08. The Bertz CT molecular complexity index is 850. The molecular formula is C18H20FN3O3S. The monoisotopic (exact) mass is 377 g/mol. The molecule has 0 radical (unpaired) electrons. The average Bonchev–Trinajstić information content (AvgIpc) is 2.97. The third-order valence-corrected chi connectivity index (χ3v) is 5.26. The van der Waals surface area contributed by atoms with E-state index in [0.29, 0.717) is 40.3 Å². The van der Waals surface area contributed by atoms with Crippen molar-refractivity contribution in [2.24, 2.45) is 5.73 Å². The van der Waals surface area contributed by atoms with Crippen LogP contribution < -0.4 is 16.5 Å². The fourth-order valence-electron chi connectivity index (χ4n) is 2.87. The molecule has 1 heterocycles. The Hall–Kier alpha value is -2.29. The van der Waals surface area contributed by atoms with Crippen LogP contribution in [0, 0.1) is 12.7 Å². The van der Waals surface area contributed by atoms with E-state index in [0.717, 1.165) is 5.56 Å². The summed E-state index contributed by atoms with van der Waals surface area (Å²) < 4.78 is 14.2. The molecule has 0 fully saturated rings. The van der Waals surface area contributed by atoms with Gasteiger partial charge in [-0.2, -0.15) is 0 Å². The molecule has 1 aliphatic rings. The molecule has 1 aliphatic carbocycles. The highest BCUT2D eigenvalue weighted by Gasteiger charge is 2.30. The second kappa shape index (κ2) is 7.94. The lowest BCUT2D eigenvalue weighted by Gasteiger charge is -2.13. The number of carbonyl (C=O) groups is 2. The lowest BCUT2D eigenvalue weighted by molar-refractivity contribution is 0.0344. The van der Waals surface area contributed by atoms with Crippen molar-refractivity contribution in [1.29, 1.82) is 0 Å². The number of hydroxylamine groups is 1. The summed E-state index contributed by atoms with van der Waals surface area (Å²) in [5.41, 5.74) is 9.75. The van der Waals surface area contributed by atoms with Gasteiger partial charge in [0.1, 0.15) is 10.8 Å². The minimum atomic E-state index is -0.472. The van der Waals surface area contributed by atoms with Gasteiger partial charge in [-0.1, -0.05) is 6.07 Å². The summed E-state index contributed by atoms with van der Waals surface area (Å²) in [5.74, 6) is -0.889. The van der Waals surface area contributed by atoms with Gasteiger partial charge < -0.3 is 11.1 Å². The normalized spacial score (nSPS) is 13.4. The van der Waals surface area contributed by atoms with E-state index in [4.69, 9.17) is 10.6 Å². The number of hydrogen-bond acceptors (Lipinski definition) is 6. The molecule has 0 bridgehead atoms. The molecule has 138 valence electrons. The number of hydrogen-bond donors (Lipinski definition) is 3. The molecule has 4 N–H and O–H groups in total. The lowest BCUT2D eigenvalue weighted by atomic mass is 9.94. The van der Waals surface area contributed by atoms with Crippen LogP contribution >= 0.6 is 11.3 Å². The molecule has 1 amide bonds. The topological polar surface area (TPSA) is 93.4 Å². The van der Waals surface area contributed by atoms with Crippen LogP contribution in [0.25, 0.3) is 0 Å².